The fourth-order valence-electron chi connectivity index (χ4n) is 1.06. The van der Waals surface area contributed by atoms with Crippen molar-refractivity contribution in [1.82, 2.24) is 0 Å². The lowest BCUT2D eigenvalue weighted by molar-refractivity contribution is -0.105. The first-order valence-electron chi connectivity index (χ1n) is 4.29. The summed E-state index contributed by atoms with van der Waals surface area (Å²) in [5.74, 6) is 0. The Labute approximate surface area is 78.2 Å². The van der Waals surface area contributed by atoms with Crippen LogP contribution < -0.4 is 10.6 Å². The molecule has 1 rings (SSSR count). The van der Waals surface area contributed by atoms with E-state index in [0.717, 1.165) is 11.4 Å². The molecule has 0 bridgehead atoms. The fourth-order valence-corrected chi connectivity index (χ4v) is 1.06. The number of benzene rings is 1. The number of amides is 1. The van der Waals surface area contributed by atoms with E-state index < -0.39 is 0 Å². The van der Waals surface area contributed by atoms with Crippen LogP contribution in [0.1, 0.15) is 13.8 Å². The summed E-state index contributed by atoms with van der Waals surface area (Å²) < 4.78 is 0. The van der Waals surface area contributed by atoms with Crippen LogP contribution in [0.15, 0.2) is 24.3 Å². The van der Waals surface area contributed by atoms with Gasteiger partial charge in [-0.2, -0.15) is 0 Å². The summed E-state index contributed by atoms with van der Waals surface area (Å²) in [6.07, 6.45) is 0.672. The molecule has 3 nitrogen and oxygen atoms in total. The largest absolute Gasteiger partial charge is 0.383 e. The van der Waals surface area contributed by atoms with Gasteiger partial charge in [0.1, 0.15) is 0 Å². The van der Waals surface area contributed by atoms with Crippen LogP contribution in [0.2, 0.25) is 0 Å². The second kappa shape index (κ2) is 4.50. The minimum Gasteiger partial charge on any atom is -0.383 e. The number of carbonyl (C=O) groups excluding carboxylic acids is 1. The van der Waals surface area contributed by atoms with Crippen molar-refractivity contribution in [2.24, 2.45) is 0 Å². The molecule has 1 aromatic rings. The van der Waals surface area contributed by atoms with Gasteiger partial charge in [0, 0.05) is 17.4 Å². The first-order chi connectivity index (χ1) is 6.22. The van der Waals surface area contributed by atoms with Crippen molar-refractivity contribution < 1.29 is 4.79 Å². The van der Waals surface area contributed by atoms with Crippen LogP contribution in [0.25, 0.3) is 0 Å². The van der Waals surface area contributed by atoms with Crippen molar-refractivity contribution >= 4 is 17.8 Å². The van der Waals surface area contributed by atoms with Gasteiger partial charge >= 0.3 is 0 Å². The molecule has 0 spiro atoms. The molecule has 0 saturated heterocycles. The van der Waals surface area contributed by atoms with Gasteiger partial charge in [0.05, 0.1) is 0 Å². The summed E-state index contributed by atoms with van der Waals surface area (Å²) in [5.41, 5.74) is 1.87. The van der Waals surface area contributed by atoms with Gasteiger partial charge in [0.15, 0.2) is 0 Å². The molecule has 0 atom stereocenters. The third-order valence-electron chi connectivity index (χ3n) is 1.57. The summed E-state index contributed by atoms with van der Waals surface area (Å²) >= 11 is 0. The number of carbonyl (C=O) groups is 1. The van der Waals surface area contributed by atoms with E-state index in [-0.39, 0.29) is 0 Å². The summed E-state index contributed by atoms with van der Waals surface area (Å²) in [5, 5.41) is 5.84. The number of nitrogens with one attached hydrogen (secondary N) is 2. The molecule has 0 radical (unpaired) electrons. The Hall–Kier alpha value is -1.51. The molecule has 1 amide bonds. The van der Waals surface area contributed by atoms with E-state index >= 15 is 0 Å². The topological polar surface area (TPSA) is 41.1 Å². The number of hydrogen-bond donors (Lipinski definition) is 2. The van der Waals surface area contributed by atoms with Crippen LogP contribution in [0.5, 0.6) is 0 Å². The molecule has 70 valence electrons. The molecular formula is C10H14N2O. The van der Waals surface area contributed by atoms with Crippen LogP contribution in [0.3, 0.4) is 0 Å². The zero-order chi connectivity index (χ0) is 9.68. The van der Waals surface area contributed by atoms with Gasteiger partial charge < -0.3 is 10.6 Å². The maximum absolute atomic E-state index is 10.1. The van der Waals surface area contributed by atoms with Gasteiger partial charge in [-0.3, -0.25) is 4.79 Å². The third-order valence-corrected chi connectivity index (χ3v) is 1.57. The van der Waals surface area contributed by atoms with E-state index in [4.69, 9.17) is 0 Å². The number of hydrogen-bond acceptors (Lipinski definition) is 2. The highest BCUT2D eigenvalue weighted by molar-refractivity contribution is 5.72. The maximum atomic E-state index is 10.1. The first-order valence-corrected chi connectivity index (χ1v) is 4.29. The Bertz CT molecular complexity index is 267. The molecule has 0 unspecified atom stereocenters. The molecule has 0 aliphatic carbocycles. The molecule has 3 heteroatoms. The molecule has 0 aromatic heterocycles. The van der Waals surface area contributed by atoms with Gasteiger partial charge in [0.25, 0.3) is 0 Å². The predicted octanol–water partition coefficient (Wildman–Crippen LogP) is 2.08. The average molecular weight is 178 g/mol. The lowest BCUT2D eigenvalue weighted by Gasteiger charge is -2.09. The normalized spacial score (nSPS) is 9.77. The lowest BCUT2D eigenvalue weighted by Crippen LogP contribution is -2.09. The van der Waals surface area contributed by atoms with E-state index in [1.54, 1.807) is 0 Å². The third kappa shape index (κ3) is 3.15. The van der Waals surface area contributed by atoms with Crippen LogP contribution in [-0.4, -0.2) is 12.5 Å². The van der Waals surface area contributed by atoms with Crippen molar-refractivity contribution in [2.75, 3.05) is 10.6 Å². The Morgan fingerprint density at radius 2 is 1.69 bits per heavy atom. The molecule has 0 fully saturated rings. The van der Waals surface area contributed by atoms with Crippen LogP contribution in [0.4, 0.5) is 11.4 Å². The summed E-state index contributed by atoms with van der Waals surface area (Å²) in [7, 11) is 0. The summed E-state index contributed by atoms with van der Waals surface area (Å²) in [4.78, 5) is 10.1. The molecule has 0 saturated carbocycles. The van der Waals surface area contributed by atoms with Crippen molar-refractivity contribution in [3.8, 4) is 0 Å². The van der Waals surface area contributed by atoms with Gasteiger partial charge in [-0.15, -0.1) is 0 Å². The summed E-state index contributed by atoms with van der Waals surface area (Å²) in [6, 6.07) is 8.01. The van der Waals surface area contributed by atoms with Crippen molar-refractivity contribution in [2.45, 2.75) is 19.9 Å². The Kier molecular flexibility index (Phi) is 3.31. The second-order valence-electron chi connectivity index (χ2n) is 3.14. The van der Waals surface area contributed by atoms with Crippen LogP contribution in [-0.2, 0) is 4.79 Å². The molecule has 13 heavy (non-hydrogen) atoms. The van der Waals surface area contributed by atoms with E-state index in [1.165, 1.54) is 0 Å². The minimum atomic E-state index is 0.421. The van der Waals surface area contributed by atoms with E-state index in [1.807, 2.05) is 24.3 Å². The highest BCUT2D eigenvalue weighted by Gasteiger charge is 1.94. The average Bonchev–Trinajstić information content (AvgIpc) is 2.08. The standard InChI is InChI=1S/C10H14N2O/c1-8(2)12-10-5-3-9(4-6-10)11-7-13/h3-8,12H,1-2H3,(H,11,13). The minimum absolute atomic E-state index is 0.421. The molecule has 2 N–H and O–H groups in total. The highest BCUT2D eigenvalue weighted by Crippen LogP contribution is 2.13. The van der Waals surface area contributed by atoms with E-state index in [9.17, 15) is 4.79 Å². The fraction of sp³-hybridized carbons (Fsp3) is 0.300. The Morgan fingerprint density at radius 3 is 2.15 bits per heavy atom. The SMILES string of the molecule is CC(C)Nc1ccc(NC=O)cc1. The van der Waals surface area contributed by atoms with Crippen molar-refractivity contribution in [1.29, 1.82) is 0 Å². The first kappa shape index (κ1) is 9.58. The molecule has 0 heterocycles. The van der Waals surface area contributed by atoms with Gasteiger partial charge in [-0.25, -0.2) is 0 Å². The molecule has 0 aliphatic rings. The maximum Gasteiger partial charge on any atom is 0.211 e. The monoisotopic (exact) mass is 178 g/mol. The molecule has 0 aliphatic heterocycles. The quantitative estimate of drug-likeness (QED) is 0.693. The zero-order valence-corrected chi connectivity index (χ0v) is 7.87. The van der Waals surface area contributed by atoms with Gasteiger partial charge in [0.2, 0.25) is 6.41 Å². The van der Waals surface area contributed by atoms with Crippen LogP contribution in [0, 0.1) is 0 Å². The Morgan fingerprint density at radius 1 is 1.15 bits per heavy atom. The smallest absolute Gasteiger partial charge is 0.211 e. The predicted molar refractivity (Wildman–Crippen MR) is 54.9 cm³/mol. The molecular weight excluding hydrogens is 164 g/mol. The lowest BCUT2D eigenvalue weighted by atomic mass is 10.2. The van der Waals surface area contributed by atoms with Crippen LogP contribution >= 0.6 is 0 Å². The van der Waals surface area contributed by atoms with Crippen molar-refractivity contribution in [3.63, 3.8) is 0 Å². The van der Waals surface area contributed by atoms with Crippen molar-refractivity contribution in [3.05, 3.63) is 24.3 Å². The zero-order valence-electron chi connectivity index (χ0n) is 7.87. The highest BCUT2D eigenvalue weighted by atomic mass is 16.1. The summed E-state index contributed by atoms with van der Waals surface area (Å²) in [6.45, 7) is 4.16. The Balaban J connectivity index is 2.63. The second-order valence-corrected chi connectivity index (χ2v) is 3.14. The van der Waals surface area contributed by atoms with Gasteiger partial charge in [-0.05, 0) is 38.1 Å². The van der Waals surface area contributed by atoms with Gasteiger partial charge in [-0.1, -0.05) is 0 Å². The number of rotatable bonds is 4. The van der Waals surface area contributed by atoms with E-state index in [2.05, 4.69) is 24.5 Å². The molecule has 1 aromatic carbocycles. The number of anilines is 2. The van der Waals surface area contributed by atoms with E-state index in [0.29, 0.717) is 12.5 Å².